The molecule has 0 spiro atoms. The molecule has 1 atom stereocenters. The molecular formula is C20H34N4O8. The smallest absolute Gasteiger partial charge is 0.407 e. The molecule has 182 valence electrons. The van der Waals surface area contributed by atoms with Gasteiger partial charge in [0.2, 0.25) is 0 Å². The average Bonchev–Trinajstić information content (AvgIpc) is 2.65. The maximum atomic E-state index is 12.3. The lowest BCUT2D eigenvalue weighted by Crippen LogP contribution is -2.51. The molecule has 0 aromatic heterocycles. The molecule has 1 unspecified atom stereocenters. The SMILES string of the molecule is CC(=O)CCC(C(C)=O)N1CCN(CC(=O)O)CCN(CC(=O)O)CCN(C(=O)O)CC1. The van der Waals surface area contributed by atoms with Gasteiger partial charge in [0.15, 0.2) is 0 Å². The van der Waals surface area contributed by atoms with Gasteiger partial charge in [0, 0.05) is 58.8 Å². The van der Waals surface area contributed by atoms with Crippen LogP contribution in [0, 0.1) is 0 Å². The molecule has 1 saturated heterocycles. The molecule has 12 nitrogen and oxygen atoms in total. The van der Waals surface area contributed by atoms with Gasteiger partial charge >= 0.3 is 18.0 Å². The third kappa shape index (κ3) is 10.6. The zero-order chi connectivity index (χ0) is 24.3. The molecule has 1 aliphatic rings. The lowest BCUT2D eigenvalue weighted by molar-refractivity contribution is -0.140. The molecule has 1 aliphatic heterocycles. The first-order valence-corrected chi connectivity index (χ1v) is 10.6. The molecule has 0 aromatic rings. The maximum absolute atomic E-state index is 12.3. The van der Waals surface area contributed by atoms with E-state index in [0.717, 1.165) is 0 Å². The summed E-state index contributed by atoms with van der Waals surface area (Å²) in [4.78, 5) is 64.1. The number of nitrogens with zero attached hydrogens (tertiary/aromatic N) is 4. The second-order valence-electron chi connectivity index (χ2n) is 8.01. The van der Waals surface area contributed by atoms with E-state index < -0.39 is 24.1 Å². The highest BCUT2D eigenvalue weighted by atomic mass is 16.4. The number of amides is 1. The van der Waals surface area contributed by atoms with E-state index >= 15 is 0 Å². The van der Waals surface area contributed by atoms with Crippen LogP contribution in [0.3, 0.4) is 0 Å². The summed E-state index contributed by atoms with van der Waals surface area (Å²) in [6.07, 6.45) is -0.622. The van der Waals surface area contributed by atoms with Crippen LogP contribution in [0.4, 0.5) is 4.79 Å². The Morgan fingerprint density at radius 3 is 1.59 bits per heavy atom. The van der Waals surface area contributed by atoms with Crippen LogP contribution >= 0.6 is 0 Å². The molecule has 0 radical (unpaired) electrons. The third-order valence-electron chi connectivity index (χ3n) is 5.45. The summed E-state index contributed by atoms with van der Waals surface area (Å²) in [7, 11) is 0. The van der Waals surface area contributed by atoms with Gasteiger partial charge in [0.05, 0.1) is 19.1 Å². The minimum atomic E-state index is -1.15. The fraction of sp³-hybridized carbons (Fsp3) is 0.750. The molecule has 1 heterocycles. The van der Waals surface area contributed by atoms with Crippen LogP contribution in [0.2, 0.25) is 0 Å². The molecule has 1 amide bonds. The van der Waals surface area contributed by atoms with E-state index in [1.54, 1.807) is 9.80 Å². The minimum absolute atomic E-state index is 0.0520. The van der Waals surface area contributed by atoms with Crippen molar-refractivity contribution in [3.63, 3.8) is 0 Å². The van der Waals surface area contributed by atoms with Crippen molar-refractivity contribution in [3.8, 4) is 0 Å². The van der Waals surface area contributed by atoms with E-state index in [2.05, 4.69) is 0 Å². The van der Waals surface area contributed by atoms with E-state index in [9.17, 15) is 34.2 Å². The van der Waals surface area contributed by atoms with Crippen LogP contribution in [0.5, 0.6) is 0 Å². The maximum Gasteiger partial charge on any atom is 0.407 e. The van der Waals surface area contributed by atoms with Gasteiger partial charge in [-0.2, -0.15) is 0 Å². The Kier molecular flexibility index (Phi) is 11.8. The van der Waals surface area contributed by atoms with Crippen LogP contribution in [0.15, 0.2) is 0 Å². The van der Waals surface area contributed by atoms with Gasteiger partial charge in [-0.15, -0.1) is 0 Å². The van der Waals surface area contributed by atoms with E-state index in [1.165, 1.54) is 18.7 Å². The van der Waals surface area contributed by atoms with Crippen molar-refractivity contribution in [3.05, 3.63) is 0 Å². The fourth-order valence-corrected chi connectivity index (χ4v) is 3.70. The van der Waals surface area contributed by atoms with Crippen molar-refractivity contribution in [2.24, 2.45) is 0 Å². The molecule has 32 heavy (non-hydrogen) atoms. The second kappa shape index (κ2) is 13.8. The van der Waals surface area contributed by atoms with Crippen molar-refractivity contribution < 1.29 is 39.3 Å². The number of carbonyl (C=O) groups is 5. The number of carboxylic acid groups (broad SMARTS) is 3. The van der Waals surface area contributed by atoms with Crippen LogP contribution in [-0.4, -0.2) is 136 Å². The highest BCUT2D eigenvalue weighted by Gasteiger charge is 2.26. The molecule has 0 saturated carbocycles. The van der Waals surface area contributed by atoms with Gasteiger partial charge in [0.1, 0.15) is 11.6 Å². The third-order valence-corrected chi connectivity index (χ3v) is 5.45. The summed E-state index contributed by atoms with van der Waals surface area (Å²) in [5, 5.41) is 27.9. The van der Waals surface area contributed by atoms with Gasteiger partial charge in [-0.05, 0) is 20.3 Å². The number of hydrogen-bond donors (Lipinski definition) is 3. The molecule has 1 rings (SSSR count). The van der Waals surface area contributed by atoms with E-state index in [1.807, 2.05) is 4.90 Å². The number of rotatable bonds is 9. The summed E-state index contributed by atoms with van der Waals surface area (Å²) in [6, 6.07) is -0.576. The predicted molar refractivity (Wildman–Crippen MR) is 114 cm³/mol. The Balaban J connectivity index is 3.09. The van der Waals surface area contributed by atoms with Crippen LogP contribution in [-0.2, 0) is 19.2 Å². The summed E-state index contributed by atoms with van der Waals surface area (Å²) in [5.41, 5.74) is 0. The van der Waals surface area contributed by atoms with E-state index in [0.29, 0.717) is 19.5 Å². The quantitative estimate of drug-likeness (QED) is 0.404. The topological polar surface area (TPSA) is 159 Å². The number of aliphatic carboxylic acids is 2. The molecule has 0 bridgehead atoms. The van der Waals surface area contributed by atoms with Crippen LogP contribution in [0.1, 0.15) is 26.7 Å². The standard InChI is InChI=1S/C20H34N4O8/c1-15(25)3-4-17(16(2)26)23-9-7-21(13-18(27)28)5-6-22(14-19(29)30)8-10-24(12-11-23)20(31)32/h17H,3-14H2,1-2H3,(H,27,28)(H,29,30)(H,31,32). The highest BCUT2D eigenvalue weighted by molar-refractivity contribution is 5.83. The number of carbonyl (C=O) groups excluding carboxylic acids is 2. The summed E-state index contributed by atoms with van der Waals surface area (Å²) in [6.45, 7) is 4.07. The second-order valence-corrected chi connectivity index (χ2v) is 8.01. The van der Waals surface area contributed by atoms with Crippen molar-refractivity contribution in [2.45, 2.75) is 32.7 Å². The Morgan fingerprint density at radius 1 is 0.719 bits per heavy atom. The van der Waals surface area contributed by atoms with Crippen molar-refractivity contribution >= 4 is 29.6 Å². The van der Waals surface area contributed by atoms with Crippen LogP contribution in [0.25, 0.3) is 0 Å². The molecule has 0 aliphatic carbocycles. The highest BCUT2D eigenvalue weighted by Crippen LogP contribution is 2.11. The monoisotopic (exact) mass is 458 g/mol. The summed E-state index contributed by atoms with van der Waals surface area (Å²) in [5.74, 6) is -2.27. The molecule has 0 aromatic carbocycles. The summed E-state index contributed by atoms with van der Waals surface area (Å²) < 4.78 is 0. The molecular weight excluding hydrogens is 424 g/mol. The van der Waals surface area contributed by atoms with Crippen molar-refractivity contribution in [1.82, 2.24) is 19.6 Å². The molecule has 12 heteroatoms. The lowest BCUT2D eigenvalue weighted by atomic mass is 10.0. The largest absolute Gasteiger partial charge is 0.480 e. The zero-order valence-corrected chi connectivity index (χ0v) is 18.7. The normalized spacial score (nSPS) is 18.9. The lowest BCUT2D eigenvalue weighted by Gasteiger charge is -2.35. The Morgan fingerprint density at radius 2 is 1.16 bits per heavy atom. The predicted octanol–water partition coefficient (Wildman–Crippen LogP) is -0.618. The number of ketones is 2. The Bertz CT molecular complexity index is 687. The number of Topliss-reactive ketones (excluding diaryl/α,β-unsaturated/α-hetero) is 2. The zero-order valence-electron chi connectivity index (χ0n) is 18.7. The van der Waals surface area contributed by atoms with E-state index in [-0.39, 0.29) is 70.3 Å². The Labute approximate surface area is 187 Å². The first-order chi connectivity index (χ1) is 15.0. The van der Waals surface area contributed by atoms with E-state index in [4.69, 9.17) is 5.11 Å². The first-order valence-electron chi connectivity index (χ1n) is 10.6. The van der Waals surface area contributed by atoms with Gasteiger partial charge in [-0.25, -0.2) is 4.79 Å². The first kappa shape index (κ1) is 27.5. The fourth-order valence-electron chi connectivity index (χ4n) is 3.70. The molecule has 3 N–H and O–H groups in total. The average molecular weight is 459 g/mol. The number of hydrogen-bond acceptors (Lipinski definition) is 8. The molecule has 1 fully saturated rings. The number of carboxylic acids is 2. The van der Waals surface area contributed by atoms with Gasteiger partial charge in [-0.1, -0.05) is 0 Å². The summed E-state index contributed by atoms with van der Waals surface area (Å²) >= 11 is 0. The van der Waals surface area contributed by atoms with Crippen LogP contribution < -0.4 is 0 Å². The van der Waals surface area contributed by atoms with Gasteiger partial charge in [-0.3, -0.25) is 29.1 Å². The van der Waals surface area contributed by atoms with Gasteiger partial charge in [0.25, 0.3) is 0 Å². The van der Waals surface area contributed by atoms with Gasteiger partial charge < -0.3 is 25.0 Å². The Hall–Kier alpha value is -2.57. The van der Waals surface area contributed by atoms with Crippen molar-refractivity contribution in [1.29, 1.82) is 0 Å². The van der Waals surface area contributed by atoms with Crippen molar-refractivity contribution in [2.75, 3.05) is 65.4 Å². The minimum Gasteiger partial charge on any atom is -0.480 e.